The van der Waals surface area contributed by atoms with E-state index in [9.17, 15) is 22.0 Å². The van der Waals surface area contributed by atoms with Crippen LogP contribution in [0.2, 0.25) is 0 Å². The van der Waals surface area contributed by atoms with Crippen LogP contribution in [-0.4, -0.2) is 26.8 Å². The number of hydrogen-bond acceptors (Lipinski definition) is 5. The second-order valence-corrected chi connectivity index (χ2v) is 10.4. The van der Waals surface area contributed by atoms with Crippen LogP contribution in [0, 0.1) is 5.92 Å². The Bertz CT molecular complexity index is 1100. The van der Waals surface area contributed by atoms with Gasteiger partial charge in [-0.05, 0) is 53.3 Å². The molecule has 7 nitrogen and oxygen atoms in total. The maximum Gasteiger partial charge on any atom is 0.408 e. The van der Waals surface area contributed by atoms with E-state index in [1.807, 2.05) is 0 Å². The number of carbonyl (C=O) groups is 1. The standard InChI is InChI=1S/C23H29F2N2O5PS/c1-2-31-20-15-17(26-22(28)16-8-5-3-4-6-9-16)12-13-21(20)34(29,30)27-18-10-7-11-19(14-18)32-23(24,25)33/h7,10-16,27H,2-6,8-9,33H2,1H3,(H,26,28). The number of benzene rings is 2. The lowest BCUT2D eigenvalue weighted by atomic mass is 9.99. The minimum Gasteiger partial charge on any atom is -0.492 e. The molecule has 1 aliphatic rings. The number of carbonyl (C=O) groups excluding carboxylic acids is 1. The van der Waals surface area contributed by atoms with Gasteiger partial charge < -0.3 is 14.8 Å². The average Bonchev–Trinajstić information content (AvgIpc) is 3.02. The lowest BCUT2D eigenvalue weighted by molar-refractivity contribution is -0.120. The van der Waals surface area contributed by atoms with Crippen LogP contribution in [0.5, 0.6) is 11.5 Å². The molecule has 1 atom stereocenters. The molecule has 3 rings (SSSR count). The van der Waals surface area contributed by atoms with Crippen molar-refractivity contribution in [3.05, 3.63) is 42.5 Å². The summed E-state index contributed by atoms with van der Waals surface area (Å²) in [6.07, 6.45) is 5.98. The first-order valence-electron chi connectivity index (χ1n) is 11.1. The zero-order valence-electron chi connectivity index (χ0n) is 18.9. The average molecular weight is 515 g/mol. The fourth-order valence-electron chi connectivity index (χ4n) is 3.85. The molecular formula is C23H29F2N2O5PS. The topological polar surface area (TPSA) is 93.7 Å². The Morgan fingerprint density at radius 2 is 1.79 bits per heavy atom. The van der Waals surface area contributed by atoms with Crippen LogP contribution < -0.4 is 19.5 Å². The zero-order valence-corrected chi connectivity index (χ0v) is 20.8. The highest BCUT2D eigenvalue weighted by atomic mass is 32.2. The molecule has 0 radical (unpaired) electrons. The summed E-state index contributed by atoms with van der Waals surface area (Å²) in [6, 6.07) is 9.55. The Morgan fingerprint density at radius 1 is 1.09 bits per heavy atom. The van der Waals surface area contributed by atoms with E-state index in [0.717, 1.165) is 44.6 Å². The van der Waals surface area contributed by atoms with E-state index in [2.05, 4.69) is 14.8 Å². The summed E-state index contributed by atoms with van der Waals surface area (Å²) >= 11 is 0. The molecule has 0 heterocycles. The third-order valence-corrected chi connectivity index (χ3v) is 6.91. The molecule has 0 bridgehead atoms. The molecular weight excluding hydrogens is 485 g/mol. The molecule has 1 fully saturated rings. The number of amides is 1. The molecule has 1 saturated carbocycles. The molecule has 1 unspecified atom stereocenters. The van der Waals surface area contributed by atoms with Gasteiger partial charge in [-0.3, -0.25) is 9.52 Å². The minimum atomic E-state index is -4.13. The number of anilines is 2. The van der Waals surface area contributed by atoms with E-state index >= 15 is 0 Å². The van der Waals surface area contributed by atoms with E-state index in [1.54, 1.807) is 6.92 Å². The predicted molar refractivity (Wildman–Crippen MR) is 130 cm³/mol. The third-order valence-electron chi connectivity index (χ3n) is 5.37. The highest BCUT2D eigenvalue weighted by molar-refractivity contribution is 7.92. The van der Waals surface area contributed by atoms with Crippen molar-refractivity contribution in [2.45, 2.75) is 56.2 Å². The van der Waals surface area contributed by atoms with Gasteiger partial charge in [0.2, 0.25) is 5.91 Å². The normalized spacial score (nSPS) is 15.3. The monoisotopic (exact) mass is 514 g/mol. The van der Waals surface area contributed by atoms with Crippen LogP contribution >= 0.6 is 9.24 Å². The van der Waals surface area contributed by atoms with Crippen molar-refractivity contribution in [2.75, 3.05) is 16.6 Å². The first-order chi connectivity index (χ1) is 16.1. The molecule has 0 aromatic heterocycles. The first kappa shape index (κ1) is 26.2. The van der Waals surface area contributed by atoms with Gasteiger partial charge in [0.25, 0.3) is 10.0 Å². The van der Waals surface area contributed by atoms with Crippen molar-refractivity contribution >= 4 is 36.5 Å². The summed E-state index contributed by atoms with van der Waals surface area (Å²) < 4.78 is 64.6. The van der Waals surface area contributed by atoms with Crippen molar-refractivity contribution in [2.24, 2.45) is 5.92 Å². The number of nitrogens with one attached hydrogen (secondary N) is 2. The van der Waals surface area contributed by atoms with E-state index in [4.69, 9.17) is 4.74 Å². The van der Waals surface area contributed by atoms with Crippen molar-refractivity contribution in [1.29, 1.82) is 0 Å². The van der Waals surface area contributed by atoms with Crippen LogP contribution in [0.15, 0.2) is 47.4 Å². The van der Waals surface area contributed by atoms with Gasteiger partial charge in [0, 0.05) is 23.7 Å². The minimum absolute atomic E-state index is 0.0416. The van der Waals surface area contributed by atoms with Crippen LogP contribution in [-0.2, 0) is 14.8 Å². The molecule has 2 aromatic rings. The predicted octanol–water partition coefficient (Wildman–Crippen LogP) is 5.60. The van der Waals surface area contributed by atoms with Crippen LogP contribution in [0.25, 0.3) is 0 Å². The summed E-state index contributed by atoms with van der Waals surface area (Å²) in [5.74, 6) is -3.77. The maximum absolute atomic E-state index is 13.1. The molecule has 1 aliphatic carbocycles. The molecule has 0 spiro atoms. The molecule has 186 valence electrons. The highest BCUT2D eigenvalue weighted by Crippen LogP contribution is 2.32. The number of hydrogen-bond donors (Lipinski definition) is 2. The maximum atomic E-state index is 13.1. The van der Waals surface area contributed by atoms with E-state index in [0.29, 0.717) is 5.69 Å². The van der Waals surface area contributed by atoms with Gasteiger partial charge in [0.1, 0.15) is 16.4 Å². The van der Waals surface area contributed by atoms with E-state index in [1.165, 1.54) is 45.6 Å². The lowest BCUT2D eigenvalue weighted by Crippen LogP contribution is -2.22. The van der Waals surface area contributed by atoms with E-state index < -0.39 is 15.9 Å². The van der Waals surface area contributed by atoms with Gasteiger partial charge in [-0.1, -0.05) is 31.7 Å². The van der Waals surface area contributed by atoms with Gasteiger partial charge in [-0.25, -0.2) is 8.42 Å². The van der Waals surface area contributed by atoms with Gasteiger partial charge in [0.15, 0.2) is 0 Å². The first-order valence-corrected chi connectivity index (χ1v) is 13.2. The summed E-state index contributed by atoms with van der Waals surface area (Å²) in [6.45, 7) is 1.92. The molecule has 34 heavy (non-hydrogen) atoms. The van der Waals surface area contributed by atoms with Crippen molar-refractivity contribution in [3.8, 4) is 11.5 Å². The fraction of sp³-hybridized carbons (Fsp3) is 0.435. The van der Waals surface area contributed by atoms with Gasteiger partial charge in [0.05, 0.1) is 12.3 Å². The Morgan fingerprint density at radius 3 is 2.44 bits per heavy atom. The SMILES string of the molecule is CCOc1cc(NC(=O)C2CCCCCC2)ccc1S(=O)(=O)Nc1cccc(OC(F)(F)P)c1. The van der Waals surface area contributed by atoms with Gasteiger partial charge in [-0.15, -0.1) is 0 Å². The van der Waals surface area contributed by atoms with E-state index in [-0.39, 0.29) is 40.5 Å². The third kappa shape index (κ3) is 7.53. The molecule has 2 N–H and O–H groups in total. The van der Waals surface area contributed by atoms with Gasteiger partial charge in [-0.2, -0.15) is 8.78 Å². The van der Waals surface area contributed by atoms with Crippen molar-refractivity contribution in [1.82, 2.24) is 0 Å². The smallest absolute Gasteiger partial charge is 0.408 e. The molecule has 2 aromatic carbocycles. The number of alkyl halides is 2. The van der Waals surface area contributed by atoms with Crippen molar-refractivity contribution in [3.63, 3.8) is 0 Å². The highest BCUT2D eigenvalue weighted by Gasteiger charge is 2.25. The van der Waals surface area contributed by atoms with Crippen LogP contribution in [0.1, 0.15) is 45.4 Å². The Balaban J connectivity index is 1.80. The number of rotatable bonds is 9. The fourth-order valence-corrected chi connectivity index (χ4v) is 5.17. The Kier molecular flexibility index (Phi) is 8.71. The number of ether oxygens (including phenoxy) is 2. The Labute approximate surface area is 200 Å². The van der Waals surface area contributed by atoms with Crippen LogP contribution in [0.4, 0.5) is 20.2 Å². The second-order valence-electron chi connectivity index (χ2n) is 8.07. The molecule has 11 heteroatoms. The summed E-state index contributed by atoms with van der Waals surface area (Å²) in [7, 11) is -2.88. The summed E-state index contributed by atoms with van der Waals surface area (Å²) in [5, 5.41) is 2.87. The van der Waals surface area contributed by atoms with Crippen LogP contribution in [0.3, 0.4) is 0 Å². The van der Waals surface area contributed by atoms with Crippen molar-refractivity contribution < 1.29 is 31.5 Å². The zero-order chi connectivity index (χ0) is 24.8. The van der Waals surface area contributed by atoms with Gasteiger partial charge >= 0.3 is 5.85 Å². The quantitative estimate of drug-likeness (QED) is 0.336. The summed E-state index contributed by atoms with van der Waals surface area (Å²) in [4.78, 5) is 12.5. The second kappa shape index (κ2) is 11.3. The molecule has 1 amide bonds. The number of sulfonamides is 1. The molecule has 0 aliphatic heterocycles. The number of halogens is 2. The largest absolute Gasteiger partial charge is 0.492 e. The summed E-state index contributed by atoms with van der Waals surface area (Å²) in [5.41, 5.74) is 0.481. The molecule has 0 saturated heterocycles. The lowest BCUT2D eigenvalue weighted by Gasteiger charge is -2.17. The Hall–Kier alpha value is -2.45.